The summed E-state index contributed by atoms with van der Waals surface area (Å²) >= 11 is 0. The lowest BCUT2D eigenvalue weighted by Gasteiger charge is -2.27. The highest BCUT2D eigenvalue weighted by Gasteiger charge is 2.24. The fourth-order valence-electron chi connectivity index (χ4n) is 1.24. The van der Waals surface area contributed by atoms with Crippen LogP contribution >= 0.6 is 0 Å². The molecule has 1 aromatic rings. The third kappa shape index (κ3) is 2.23. The second kappa shape index (κ2) is 3.58. The molecule has 0 unspecified atom stereocenters. The summed E-state index contributed by atoms with van der Waals surface area (Å²) in [6.07, 6.45) is 0. The molecule has 0 heterocycles. The van der Waals surface area contributed by atoms with Crippen molar-refractivity contribution in [1.82, 2.24) is 0 Å². The van der Waals surface area contributed by atoms with Gasteiger partial charge in [-0.05, 0) is 23.6 Å². The second-order valence-electron chi connectivity index (χ2n) is 4.55. The van der Waals surface area contributed by atoms with Crippen LogP contribution in [0.2, 0.25) is 0 Å². The molecule has 1 aromatic carbocycles. The molecule has 0 saturated carbocycles. The summed E-state index contributed by atoms with van der Waals surface area (Å²) in [4.78, 5) is 0. The average molecular weight is 197 g/mol. The fraction of sp³-hybridized carbons (Fsp3) is 0.455. The quantitative estimate of drug-likeness (QED) is 0.726. The number of aromatic hydroxyl groups is 1. The molecule has 0 radical (unpaired) electrons. The highest BCUT2D eigenvalue weighted by molar-refractivity contribution is 5.35. The molecule has 0 saturated heterocycles. The number of hydrogen-bond acceptors (Lipinski definition) is 2. The van der Waals surface area contributed by atoms with E-state index in [0.717, 1.165) is 0 Å². The Morgan fingerprint density at radius 1 is 1.36 bits per heavy atom. The zero-order valence-electron chi connectivity index (χ0n) is 8.71. The Morgan fingerprint density at radius 2 is 1.93 bits per heavy atom. The molecule has 3 heteroatoms. The van der Waals surface area contributed by atoms with Gasteiger partial charge >= 0.3 is 0 Å². The molecule has 14 heavy (non-hydrogen) atoms. The van der Waals surface area contributed by atoms with Crippen LogP contribution in [-0.4, -0.2) is 5.11 Å². The van der Waals surface area contributed by atoms with Crippen molar-refractivity contribution < 1.29 is 9.50 Å². The van der Waals surface area contributed by atoms with Crippen LogP contribution in [0.15, 0.2) is 18.2 Å². The Balaban J connectivity index is 3.12. The molecule has 0 fully saturated rings. The van der Waals surface area contributed by atoms with Crippen LogP contribution < -0.4 is 5.73 Å². The molecule has 0 aliphatic carbocycles. The molecule has 0 amide bonds. The van der Waals surface area contributed by atoms with Crippen molar-refractivity contribution in [3.63, 3.8) is 0 Å². The minimum absolute atomic E-state index is 0.0498. The number of halogens is 1. The van der Waals surface area contributed by atoms with Gasteiger partial charge in [0.15, 0.2) is 0 Å². The van der Waals surface area contributed by atoms with Crippen LogP contribution in [-0.2, 0) is 0 Å². The smallest absolute Gasteiger partial charge is 0.123 e. The van der Waals surface area contributed by atoms with Gasteiger partial charge in [0.2, 0.25) is 0 Å². The van der Waals surface area contributed by atoms with Crippen LogP contribution in [0.5, 0.6) is 5.75 Å². The third-order valence-corrected chi connectivity index (χ3v) is 2.26. The minimum Gasteiger partial charge on any atom is -0.508 e. The van der Waals surface area contributed by atoms with Crippen LogP contribution in [0.3, 0.4) is 0 Å². The van der Waals surface area contributed by atoms with Gasteiger partial charge in [-0.15, -0.1) is 0 Å². The van der Waals surface area contributed by atoms with E-state index in [1.807, 2.05) is 20.8 Å². The zero-order valence-corrected chi connectivity index (χ0v) is 8.71. The Labute approximate surface area is 83.6 Å². The first-order valence-corrected chi connectivity index (χ1v) is 4.56. The minimum atomic E-state index is -0.377. The lowest BCUT2D eigenvalue weighted by molar-refractivity contribution is 0.316. The van der Waals surface area contributed by atoms with E-state index in [0.29, 0.717) is 5.56 Å². The molecule has 0 aliphatic rings. The van der Waals surface area contributed by atoms with Crippen molar-refractivity contribution in [3.05, 3.63) is 29.6 Å². The molecule has 1 atom stereocenters. The van der Waals surface area contributed by atoms with E-state index in [1.54, 1.807) is 0 Å². The lowest BCUT2D eigenvalue weighted by atomic mass is 9.83. The maximum atomic E-state index is 12.9. The largest absolute Gasteiger partial charge is 0.508 e. The van der Waals surface area contributed by atoms with E-state index in [2.05, 4.69) is 0 Å². The summed E-state index contributed by atoms with van der Waals surface area (Å²) in [6.45, 7) is 5.84. The number of phenolic OH excluding ortho intramolecular Hbond substituents is 1. The van der Waals surface area contributed by atoms with Crippen molar-refractivity contribution in [3.8, 4) is 5.75 Å². The monoisotopic (exact) mass is 197 g/mol. The van der Waals surface area contributed by atoms with Crippen molar-refractivity contribution >= 4 is 0 Å². The summed E-state index contributed by atoms with van der Waals surface area (Å²) in [5.74, 6) is -0.327. The zero-order chi connectivity index (χ0) is 10.9. The van der Waals surface area contributed by atoms with Crippen molar-refractivity contribution in [1.29, 1.82) is 0 Å². The maximum absolute atomic E-state index is 12.9. The van der Waals surface area contributed by atoms with Crippen LogP contribution in [0, 0.1) is 11.2 Å². The molecule has 78 valence electrons. The van der Waals surface area contributed by atoms with Gasteiger partial charge in [-0.3, -0.25) is 0 Å². The van der Waals surface area contributed by atoms with Gasteiger partial charge in [-0.1, -0.05) is 20.8 Å². The lowest BCUT2D eigenvalue weighted by Crippen LogP contribution is -2.26. The third-order valence-electron chi connectivity index (χ3n) is 2.26. The first kappa shape index (κ1) is 11.0. The number of rotatable bonds is 1. The summed E-state index contributed by atoms with van der Waals surface area (Å²) < 4.78 is 12.9. The van der Waals surface area contributed by atoms with E-state index in [9.17, 15) is 9.50 Å². The van der Waals surface area contributed by atoms with Crippen molar-refractivity contribution in [2.45, 2.75) is 26.8 Å². The molecule has 0 bridgehead atoms. The van der Waals surface area contributed by atoms with Gasteiger partial charge in [-0.25, -0.2) is 4.39 Å². The highest BCUT2D eigenvalue weighted by atomic mass is 19.1. The molecule has 0 spiro atoms. The van der Waals surface area contributed by atoms with Gasteiger partial charge in [0.1, 0.15) is 11.6 Å². The number of hydrogen-bond donors (Lipinski definition) is 2. The number of benzene rings is 1. The van der Waals surface area contributed by atoms with Gasteiger partial charge in [0, 0.05) is 11.6 Å². The topological polar surface area (TPSA) is 46.2 Å². The van der Waals surface area contributed by atoms with Gasteiger partial charge in [-0.2, -0.15) is 0 Å². The Morgan fingerprint density at radius 3 is 2.43 bits per heavy atom. The maximum Gasteiger partial charge on any atom is 0.123 e. The van der Waals surface area contributed by atoms with Crippen molar-refractivity contribution in [2.24, 2.45) is 11.1 Å². The molecule has 2 nitrogen and oxygen atoms in total. The predicted molar refractivity (Wildman–Crippen MR) is 54.4 cm³/mol. The number of phenols is 1. The second-order valence-corrected chi connectivity index (χ2v) is 4.55. The van der Waals surface area contributed by atoms with Crippen molar-refractivity contribution in [2.75, 3.05) is 0 Å². The Bertz CT molecular complexity index is 331. The standard InChI is InChI=1S/C11H16FNO/c1-11(2,3)10(13)8-6-7(12)4-5-9(8)14/h4-6,10,14H,13H2,1-3H3/t10-/m1/s1. The highest BCUT2D eigenvalue weighted by Crippen LogP contribution is 2.35. The molecule has 0 aromatic heterocycles. The van der Waals surface area contributed by atoms with E-state index >= 15 is 0 Å². The van der Waals surface area contributed by atoms with Gasteiger partial charge in [0.05, 0.1) is 0 Å². The summed E-state index contributed by atoms with van der Waals surface area (Å²) in [7, 11) is 0. The van der Waals surface area contributed by atoms with E-state index in [1.165, 1.54) is 18.2 Å². The first-order chi connectivity index (χ1) is 6.32. The molecule has 1 rings (SSSR count). The SMILES string of the molecule is CC(C)(C)[C@H](N)c1cc(F)ccc1O. The summed E-state index contributed by atoms with van der Waals surface area (Å²) in [6, 6.07) is 3.45. The number of nitrogens with two attached hydrogens (primary N) is 1. The van der Waals surface area contributed by atoms with Crippen LogP contribution in [0.1, 0.15) is 32.4 Å². The Hall–Kier alpha value is -1.09. The normalized spacial score (nSPS) is 14.1. The fourth-order valence-corrected chi connectivity index (χ4v) is 1.24. The van der Waals surface area contributed by atoms with Gasteiger partial charge in [0.25, 0.3) is 0 Å². The summed E-state index contributed by atoms with van der Waals surface area (Å²) in [5, 5.41) is 9.52. The summed E-state index contributed by atoms with van der Waals surface area (Å²) in [5.41, 5.74) is 6.17. The van der Waals surface area contributed by atoms with Gasteiger partial charge < -0.3 is 10.8 Å². The molecular formula is C11H16FNO. The van der Waals surface area contributed by atoms with Crippen LogP contribution in [0.4, 0.5) is 4.39 Å². The first-order valence-electron chi connectivity index (χ1n) is 4.56. The molecule has 3 N–H and O–H groups in total. The van der Waals surface area contributed by atoms with E-state index in [4.69, 9.17) is 5.73 Å². The van der Waals surface area contributed by atoms with E-state index < -0.39 is 0 Å². The average Bonchev–Trinajstić information content (AvgIpc) is 2.06. The molecular weight excluding hydrogens is 181 g/mol. The molecule has 0 aliphatic heterocycles. The van der Waals surface area contributed by atoms with E-state index in [-0.39, 0.29) is 23.0 Å². The van der Waals surface area contributed by atoms with Crippen LogP contribution in [0.25, 0.3) is 0 Å². The predicted octanol–water partition coefficient (Wildman–Crippen LogP) is 2.58. The Kier molecular flexibility index (Phi) is 2.81.